The smallest absolute Gasteiger partial charge is 0.0922 e. The second-order valence-electron chi connectivity index (χ2n) is 6.25. The van der Waals surface area contributed by atoms with Crippen molar-refractivity contribution in [1.29, 1.82) is 0 Å². The Morgan fingerprint density at radius 2 is 1.65 bits per heavy atom. The number of hydrogen-bond donors (Lipinski definition) is 1. The first-order valence-corrected chi connectivity index (χ1v) is 9.64. The average molecular weight is 271 g/mol. The number of benzene rings is 1. The van der Waals surface area contributed by atoms with Crippen LogP contribution in [0.5, 0.6) is 0 Å². The first-order chi connectivity index (χ1) is 7.70. The molecule has 1 unspecified atom stereocenters. The molecule has 0 aliphatic heterocycles. The highest BCUT2D eigenvalue weighted by Gasteiger charge is 2.42. The molecule has 3 heteroatoms. The Bertz CT molecular complexity index is 365. The molecule has 0 spiro atoms. The second-order valence-corrected chi connectivity index (χ2v) is 12.0. The minimum Gasteiger partial charge on any atom is -0.392 e. The maximum absolute atomic E-state index is 10.6. The van der Waals surface area contributed by atoms with Crippen LogP contribution in [0.2, 0.25) is 18.1 Å². The van der Waals surface area contributed by atoms with E-state index in [0.717, 1.165) is 11.1 Å². The highest BCUT2D eigenvalue weighted by Crippen LogP contribution is 2.43. The standard InChI is InChI=1S/C14H23ClOSi/c1-14(2,3)17(4,5)13(16)12-8-6-11(10-15)7-9-12/h6-9,13,16H,10H2,1-5H3. The van der Waals surface area contributed by atoms with Gasteiger partial charge in [-0.3, -0.25) is 0 Å². The summed E-state index contributed by atoms with van der Waals surface area (Å²) in [6, 6.07) is 8.00. The number of aliphatic hydroxyl groups excluding tert-OH is 1. The molecule has 0 fully saturated rings. The largest absolute Gasteiger partial charge is 0.392 e. The Morgan fingerprint density at radius 1 is 1.18 bits per heavy atom. The van der Waals surface area contributed by atoms with Crippen LogP contribution in [-0.4, -0.2) is 13.2 Å². The second kappa shape index (κ2) is 5.13. The highest BCUT2D eigenvalue weighted by molar-refractivity contribution is 6.81. The van der Waals surface area contributed by atoms with E-state index in [2.05, 4.69) is 33.9 Å². The third-order valence-electron chi connectivity index (χ3n) is 4.07. The number of hydrogen-bond acceptors (Lipinski definition) is 1. The van der Waals surface area contributed by atoms with Gasteiger partial charge in [0, 0.05) is 5.88 Å². The lowest BCUT2D eigenvalue weighted by Crippen LogP contribution is -2.44. The highest BCUT2D eigenvalue weighted by atomic mass is 35.5. The maximum Gasteiger partial charge on any atom is 0.0922 e. The van der Waals surface area contributed by atoms with Gasteiger partial charge in [-0.1, -0.05) is 58.1 Å². The van der Waals surface area contributed by atoms with Gasteiger partial charge in [-0.2, -0.15) is 0 Å². The molecule has 0 saturated carbocycles. The molecule has 0 saturated heterocycles. The zero-order valence-electron chi connectivity index (χ0n) is 11.4. The lowest BCUT2D eigenvalue weighted by atomic mass is 10.2. The molecule has 0 amide bonds. The van der Waals surface area contributed by atoms with Crippen LogP contribution in [0.3, 0.4) is 0 Å². The van der Waals surface area contributed by atoms with Crippen LogP contribution < -0.4 is 0 Å². The molecule has 1 rings (SSSR count). The normalized spacial score (nSPS) is 14.8. The van der Waals surface area contributed by atoms with Gasteiger partial charge < -0.3 is 5.11 Å². The van der Waals surface area contributed by atoms with E-state index in [1.807, 2.05) is 24.3 Å². The van der Waals surface area contributed by atoms with Crippen LogP contribution in [0.15, 0.2) is 24.3 Å². The molecule has 0 aromatic heterocycles. The van der Waals surface area contributed by atoms with Crippen molar-refractivity contribution < 1.29 is 5.11 Å². The number of aliphatic hydroxyl groups is 1. The lowest BCUT2D eigenvalue weighted by Gasteiger charge is -2.40. The van der Waals surface area contributed by atoms with Crippen LogP contribution in [0, 0.1) is 0 Å². The monoisotopic (exact) mass is 270 g/mol. The van der Waals surface area contributed by atoms with E-state index in [1.165, 1.54) is 0 Å². The van der Waals surface area contributed by atoms with Gasteiger partial charge >= 0.3 is 0 Å². The zero-order valence-corrected chi connectivity index (χ0v) is 13.2. The van der Waals surface area contributed by atoms with Gasteiger partial charge in [-0.05, 0) is 16.2 Å². The van der Waals surface area contributed by atoms with Gasteiger partial charge in [0.05, 0.1) is 13.8 Å². The molecule has 0 heterocycles. The van der Waals surface area contributed by atoms with Crippen molar-refractivity contribution in [2.75, 3.05) is 0 Å². The third kappa shape index (κ3) is 3.12. The van der Waals surface area contributed by atoms with Crippen molar-refractivity contribution in [3.8, 4) is 0 Å². The zero-order chi connectivity index (χ0) is 13.3. The number of rotatable bonds is 3. The lowest BCUT2D eigenvalue weighted by molar-refractivity contribution is 0.243. The fourth-order valence-corrected chi connectivity index (χ4v) is 3.64. The molecule has 17 heavy (non-hydrogen) atoms. The van der Waals surface area contributed by atoms with Crippen molar-refractivity contribution in [2.24, 2.45) is 0 Å². The van der Waals surface area contributed by atoms with Gasteiger partial charge in [0.25, 0.3) is 0 Å². The van der Waals surface area contributed by atoms with E-state index in [4.69, 9.17) is 11.6 Å². The number of alkyl halides is 1. The van der Waals surface area contributed by atoms with Crippen molar-refractivity contribution in [1.82, 2.24) is 0 Å². The summed E-state index contributed by atoms with van der Waals surface area (Å²) in [7, 11) is -1.75. The van der Waals surface area contributed by atoms with E-state index in [0.29, 0.717) is 5.88 Å². The molecule has 1 nitrogen and oxygen atoms in total. The van der Waals surface area contributed by atoms with Crippen molar-refractivity contribution in [3.63, 3.8) is 0 Å². The molecule has 1 aromatic rings. The summed E-state index contributed by atoms with van der Waals surface area (Å²) in [6.45, 7) is 11.1. The van der Waals surface area contributed by atoms with Crippen LogP contribution in [-0.2, 0) is 5.88 Å². The molecule has 1 N–H and O–H groups in total. The van der Waals surface area contributed by atoms with E-state index in [1.54, 1.807) is 0 Å². The Balaban J connectivity index is 2.99. The van der Waals surface area contributed by atoms with Crippen molar-refractivity contribution in [2.45, 2.75) is 50.5 Å². The first kappa shape index (κ1) is 14.7. The topological polar surface area (TPSA) is 20.2 Å². The molecule has 1 atom stereocenters. The Kier molecular flexibility index (Phi) is 4.45. The average Bonchev–Trinajstić information content (AvgIpc) is 2.26. The Labute approximate surface area is 111 Å². The Hall–Kier alpha value is -0.313. The van der Waals surface area contributed by atoms with Crippen LogP contribution in [0.4, 0.5) is 0 Å². The first-order valence-electron chi connectivity index (χ1n) is 6.03. The summed E-state index contributed by atoms with van der Waals surface area (Å²) in [5.41, 5.74) is 1.79. The van der Waals surface area contributed by atoms with E-state index >= 15 is 0 Å². The van der Waals surface area contributed by atoms with Crippen molar-refractivity contribution in [3.05, 3.63) is 35.4 Å². The summed E-state index contributed by atoms with van der Waals surface area (Å²) in [5, 5.41) is 10.8. The van der Waals surface area contributed by atoms with Crippen LogP contribution in [0.1, 0.15) is 37.6 Å². The molecule has 0 aliphatic rings. The fourth-order valence-electron chi connectivity index (χ4n) is 1.62. The van der Waals surface area contributed by atoms with Gasteiger partial charge in [-0.15, -0.1) is 11.6 Å². The van der Waals surface area contributed by atoms with Gasteiger partial charge in [0.1, 0.15) is 0 Å². The molecular weight excluding hydrogens is 248 g/mol. The minimum absolute atomic E-state index is 0.178. The van der Waals surface area contributed by atoms with E-state index in [9.17, 15) is 5.11 Å². The summed E-state index contributed by atoms with van der Waals surface area (Å²) in [5.74, 6) is 0.524. The molecule has 0 bridgehead atoms. The quantitative estimate of drug-likeness (QED) is 0.633. The Morgan fingerprint density at radius 3 is 2.00 bits per heavy atom. The summed E-state index contributed by atoms with van der Waals surface area (Å²) >= 11 is 5.77. The number of halogens is 1. The summed E-state index contributed by atoms with van der Waals surface area (Å²) < 4.78 is 0. The van der Waals surface area contributed by atoms with Gasteiger partial charge in [0.2, 0.25) is 0 Å². The molecular formula is C14H23ClOSi. The fraction of sp³-hybridized carbons (Fsp3) is 0.571. The van der Waals surface area contributed by atoms with Gasteiger partial charge in [-0.25, -0.2) is 0 Å². The van der Waals surface area contributed by atoms with E-state index in [-0.39, 0.29) is 10.8 Å². The molecule has 0 radical (unpaired) electrons. The molecule has 0 aliphatic carbocycles. The van der Waals surface area contributed by atoms with Gasteiger partial charge in [0.15, 0.2) is 0 Å². The summed E-state index contributed by atoms with van der Waals surface area (Å²) in [4.78, 5) is 0. The summed E-state index contributed by atoms with van der Waals surface area (Å²) in [6.07, 6.45) is 0. The van der Waals surface area contributed by atoms with Crippen molar-refractivity contribution >= 4 is 19.7 Å². The predicted molar refractivity (Wildman–Crippen MR) is 78.2 cm³/mol. The van der Waals surface area contributed by atoms with Crippen LogP contribution >= 0.6 is 11.6 Å². The third-order valence-corrected chi connectivity index (χ3v) is 9.94. The maximum atomic E-state index is 10.6. The SMILES string of the molecule is CC(C)(C)[Si](C)(C)C(O)c1ccc(CCl)cc1. The molecule has 1 aromatic carbocycles. The predicted octanol–water partition coefficient (Wildman–Crippen LogP) is 4.51. The van der Waals surface area contributed by atoms with Crippen LogP contribution in [0.25, 0.3) is 0 Å². The molecule has 96 valence electrons. The minimum atomic E-state index is -1.75. The van der Waals surface area contributed by atoms with E-state index < -0.39 is 8.07 Å².